The summed E-state index contributed by atoms with van der Waals surface area (Å²) >= 11 is 0. The summed E-state index contributed by atoms with van der Waals surface area (Å²) in [5.41, 5.74) is 1.32. The molecule has 0 radical (unpaired) electrons. The van der Waals surface area contributed by atoms with Crippen molar-refractivity contribution in [3.05, 3.63) is 52.8 Å². The van der Waals surface area contributed by atoms with Gasteiger partial charge in [0.2, 0.25) is 5.91 Å². The molecule has 0 aliphatic rings. The normalized spacial score (nSPS) is 12.2. The molecule has 0 saturated heterocycles. The fraction of sp³-hybridized carbons (Fsp3) is 0.450. The summed E-state index contributed by atoms with van der Waals surface area (Å²) in [4.78, 5) is 24.2. The van der Waals surface area contributed by atoms with Crippen molar-refractivity contribution in [1.82, 2.24) is 15.1 Å². The van der Waals surface area contributed by atoms with Crippen molar-refractivity contribution in [2.24, 2.45) is 5.92 Å². The van der Waals surface area contributed by atoms with Gasteiger partial charge in [-0.3, -0.25) is 9.59 Å². The molecule has 5 heteroatoms. The second kappa shape index (κ2) is 9.16. The highest BCUT2D eigenvalue weighted by molar-refractivity contribution is 5.76. The minimum atomic E-state index is -0.276. The molecule has 0 bridgehead atoms. The van der Waals surface area contributed by atoms with Crippen molar-refractivity contribution in [2.75, 3.05) is 0 Å². The lowest BCUT2D eigenvalue weighted by Gasteiger charge is -2.15. The minimum absolute atomic E-state index is 0.0615. The van der Waals surface area contributed by atoms with Gasteiger partial charge in [-0.2, -0.15) is 5.10 Å². The largest absolute Gasteiger partial charge is 0.352 e. The molecule has 0 unspecified atom stereocenters. The van der Waals surface area contributed by atoms with Gasteiger partial charge in [-0.05, 0) is 25.3 Å². The zero-order valence-corrected chi connectivity index (χ0v) is 15.2. The van der Waals surface area contributed by atoms with E-state index < -0.39 is 0 Å². The Labute approximate surface area is 149 Å². The van der Waals surface area contributed by atoms with Crippen LogP contribution in [0.3, 0.4) is 0 Å². The number of nitrogens with zero attached hydrogens (tertiary/aromatic N) is 2. The monoisotopic (exact) mass is 341 g/mol. The van der Waals surface area contributed by atoms with Gasteiger partial charge < -0.3 is 5.32 Å². The molecule has 25 heavy (non-hydrogen) atoms. The quantitative estimate of drug-likeness (QED) is 0.802. The van der Waals surface area contributed by atoms with Crippen LogP contribution in [0.2, 0.25) is 0 Å². The van der Waals surface area contributed by atoms with Crippen LogP contribution in [0.25, 0.3) is 11.3 Å². The Bertz CT molecular complexity index is 738. The highest BCUT2D eigenvalue weighted by Gasteiger charge is 2.11. The highest BCUT2D eigenvalue weighted by atomic mass is 16.2. The molecule has 134 valence electrons. The van der Waals surface area contributed by atoms with Crippen LogP contribution in [-0.4, -0.2) is 21.7 Å². The molecule has 5 nitrogen and oxygen atoms in total. The van der Waals surface area contributed by atoms with Gasteiger partial charge in [0.05, 0.1) is 5.69 Å². The van der Waals surface area contributed by atoms with Crippen LogP contribution in [0.4, 0.5) is 0 Å². The first-order valence-corrected chi connectivity index (χ1v) is 8.88. The molecule has 2 rings (SSSR count). The van der Waals surface area contributed by atoms with Crippen LogP contribution in [0.5, 0.6) is 0 Å². The van der Waals surface area contributed by atoms with Crippen LogP contribution >= 0.6 is 0 Å². The Balaban J connectivity index is 1.97. The average molecular weight is 341 g/mol. The van der Waals surface area contributed by atoms with Crippen LogP contribution < -0.4 is 10.9 Å². The fourth-order valence-corrected chi connectivity index (χ4v) is 2.69. The summed E-state index contributed by atoms with van der Waals surface area (Å²) in [6.07, 6.45) is 3.18. The topological polar surface area (TPSA) is 64.0 Å². The van der Waals surface area contributed by atoms with Crippen LogP contribution in [0.15, 0.2) is 47.3 Å². The second-order valence-electron chi connectivity index (χ2n) is 6.87. The predicted octanol–water partition coefficient (Wildman–Crippen LogP) is 3.24. The molecule has 1 N–H and O–H groups in total. The molecule has 1 atom stereocenters. The summed E-state index contributed by atoms with van der Waals surface area (Å²) in [5.74, 6) is 0.489. The number of carbonyl (C=O) groups excluding carboxylic acids is 1. The van der Waals surface area contributed by atoms with Gasteiger partial charge in [0.15, 0.2) is 0 Å². The van der Waals surface area contributed by atoms with Gasteiger partial charge in [-0.15, -0.1) is 0 Å². The Morgan fingerprint density at radius 3 is 2.48 bits per heavy atom. The Kier molecular flexibility index (Phi) is 6.92. The van der Waals surface area contributed by atoms with E-state index in [1.165, 1.54) is 10.7 Å². The van der Waals surface area contributed by atoms with E-state index in [-0.39, 0.29) is 24.1 Å². The van der Waals surface area contributed by atoms with Crippen molar-refractivity contribution < 1.29 is 4.79 Å². The van der Waals surface area contributed by atoms with Gasteiger partial charge in [0.1, 0.15) is 6.54 Å². The SMILES string of the molecule is CC(C)CCC[C@H](C)NC(=O)Cn1nc(-c2ccccc2)ccc1=O. The van der Waals surface area contributed by atoms with Crippen molar-refractivity contribution in [3.63, 3.8) is 0 Å². The Morgan fingerprint density at radius 2 is 1.80 bits per heavy atom. The standard InChI is InChI=1S/C20H27N3O2/c1-15(2)8-7-9-16(3)21-19(24)14-23-20(25)13-12-18(22-23)17-10-5-4-6-11-17/h4-6,10-13,15-16H,7-9,14H2,1-3H3,(H,21,24)/t16-/m0/s1. The summed E-state index contributed by atoms with van der Waals surface area (Å²) in [5, 5.41) is 7.27. The maximum absolute atomic E-state index is 12.2. The van der Waals surface area contributed by atoms with Crippen LogP contribution in [0, 0.1) is 5.92 Å². The third-order valence-electron chi connectivity index (χ3n) is 4.06. The van der Waals surface area contributed by atoms with Gasteiger partial charge in [-0.1, -0.05) is 57.0 Å². The van der Waals surface area contributed by atoms with E-state index in [0.717, 1.165) is 24.8 Å². The fourth-order valence-electron chi connectivity index (χ4n) is 2.69. The molecule has 1 aromatic carbocycles. The molecule has 0 aliphatic carbocycles. The molecule has 1 heterocycles. The molecule has 0 saturated carbocycles. The first-order valence-electron chi connectivity index (χ1n) is 8.88. The van der Waals surface area contributed by atoms with Crippen molar-refractivity contribution >= 4 is 5.91 Å². The van der Waals surface area contributed by atoms with Crippen molar-refractivity contribution in [3.8, 4) is 11.3 Å². The van der Waals surface area contributed by atoms with E-state index in [9.17, 15) is 9.59 Å². The number of rotatable bonds is 8. The lowest BCUT2D eigenvalue weighted by molar-refractivity contribution is -0.122. The smallest absolute Gasteiger partial charge is 0.267 e. The van der Waals surface area contributed by atoms with Gasteiger partial charge in [-0.25, -0.2) is 4.68 Å². The van der Waals surface area contributed by atoms with E-state index in [0.29, 0.717) is 11.6 Å². The van der Waals surface area contributed by atoms with E-state index in [4.69, 9.17) is 0 Å². The van der Waals surface area contributed by atoms with Crippen molar-refractivity contribution in [2.45, 2.75) is 52.6 Å². The third kappa shape index (κ3) is 6.18. The minimum Gasteiger partial charge on any atom is -0.352 e. The maximum Gasteiger partial charge on any atom is 0.267 e. The van der Waals surface area contributed by atoms with E-state index in [1.807, 2.05) is 37.3 Å². The zero-order chi connectivity index (χ0) is 18.2. The number of hydrogen-bond acceptors (Lipinski definition) is 3. The number of carbonyl (C=O) groups is 1. The van der Waals surface area contributed by atoms with Crippen LogP contribution in [-0.2, 0) is 11.3 Å². The van der Waals surface area contributed by atoms with E-state index >= 15 is 0 Å². The third-order valence-corrected chi connectivity index (χ3v) is 4.06. The number of aromatic nitrogens is 2. The van der Waals surface area contributed by atoms with Gasteiger partial charge in [0.25, 0.3) is 5.56 Å². The molecule has 0 aliphatic heterocycles. The Hall–Kier alpha value is -2.43. The second-order valence-corrected chi connectivity index (χ2v) is 6.87. The van der Waals surface area contributed by atoms with E-state index in [1.54, 1.807) is 6.07 Å². The molecule has 0 fully saturated rings. The maximum atomic E-state index is 12.2. The highest BCUT2D eigenvalue weighted by Crippen LogP contribution is 2.14. The summed E-state index contributed by atoms with van der Waals surface area (Å²) in [6.45, 7) is 6.32. The number of hydrogen-bond donors (Lipinski definition) is 1. The van der Waals surface area contributed by atoms with Crippen LogP contribution in [0.1, 0.15) is 40.0 Å². The van der Waals surface area contributed by atoms with E-state index in [2.05, 4.69) is 24.3 Å². The zero-order valence-electron chi connectivity index (χ0n) is 15.2. The number of nitrogens with one attached hydrogen (secondary N) is 1. The number of amides is 1. The molecule has 1 aromatic heterocycles. The lowest BCUT2D eigenvalue weighted by atomic mass is 10.0. The summed E-state index contributed by atoms with van der Waals surface area (Å²) < 4.78 is 1.22. The molecular formula is C20H27N3O2. The summed E-state index contributed by atoms with van der Waals surface area (Å²) in [6, 6.07) is 12.8. The van der Waals surface area contributed by atoms with Crippen molar-refractivity contribution in [1.29, 1.82) is 0 Å². The van der Waals surface area contributed by atoms with Gasteiger partial charge >= 0.3 is 0 Å². The predicted molar refractivity (Wildman–Crippen MR) is 100 cm³/mol. The Morgan fingerprint density at radius 1 is 1.08 bits per heavy atom. The summed E-state index contributed by atoms with van der Waals surface area (Å²) in [7, 11) is 0. The molecule has 2 aromatic rings. The molecular weight excluding hydrogens is 314 g/mol. The first kappa shape index (κ1) is 18.9. The number of benzene rings is 1. The average Bonchev–Trinajstić information content (AvgIpc) is 2.57. The first-order chi connectivity index (χ1) is 12.0. The lowest BCUT2D eigenvalue weighted by Crippen LogP contribution is -2.38. The molecule has 0 spiro atoms. The molecule has 1 amide bonds. The van der Waals surface area contributed by atoms with Gasteiger partial charge in [0, 0.05) is 17.7 Å².